The van der Waals surface area contributed by atoms with Crippen molar-refractivity contribution in [3.8, 4) is 16.9 Å². The summed E-state index contributed by atoms with van der Waals surface area (Å²) in [6, 6.07) is 11.9. The molecule has 3 aromatic rings. The first-order valence-electron chi connectivity index (χ1n) is 8.12. The van der Waals surface area contributed by atoms with Crippen molar-refractivity contribution < 1.29 is 21.6 Å². The van der Waals surface area contributed by atoms with Gasteiger partial charge in [-0.2, -0.15) is 18.3 Å². The molecule has 0 unspecified atom stereocenters. The van der Waals surface area contributed by atoms with Gasteiger partial charge in [0.1, 0.15) is 0 Å². The molecule has 1 aromatic heterocycles. The van der Waals surface area contributed by atoms with E-state index in [1.54, 1.807) is 24.3 Å². The molecular weight excluding hydrogens is 393 g/mol. The Morgan fingerprint density at radius 2 is 1.61 bits per heavy atom. The van der Waals surface area contributed by atoms with E-state index in [1.807, 2.05) is 0 Å². The van der Waals surface area contributed by atoms with Gasteiger partial charge in [-0.05, 0) is 36.8 Å². The minimum atomic E-state index is -4.64. The average Bonchev–Trinajstić information content (AvgIpc) is 2.99. The second-order valence-corrected chi connectivity index (χ2v) is 7.73. The molecule has 0 aliphatic carbocycles. The molecule has 10 heteroatoms. The maximum absolute atomic E-state index is 13.4. The van der Waals surface area contributed by atoms with Crippen LogP contribution >= 0.6 is 0 Å². The zero-order valence-electron chi connectivity index (χ0n) is 14.7. The lowest BCUT2D eigenvalue weighted by Crippen LogP contribution is -2.12. The van der Waals surface area contributed by atoms with Crippen molar-refractivity contribution in [3.05, 3.63) is 65.4 Å². The summed E-state index contributed by atoms with van der Waals surface area (Å²) in [5, 5.41) is 8.82. The molecule has 2 aromatic carbocycles. The van der Waals surface area contributed by atoms with Crippen LogP contribution in [0.1, 0.15) is 16.8 Å². The number of primary sulfonamides is 1. The van der Waals surface area contributed by atoms with Crippen LogP contribution in [0.3, 0.4) is 0 Å². The van der Waals surface area contributed by atoms with E-state index in [1.165, 1.54) is 31.2 Å². The lowest BCUT2D eigenvalue weighted by atomic mass is 10.0. The Balaban J connectivity index is 2.22. The first kappa shape index (κ1) is 20.1. The molecule has 0 radical (unpaired) electrons. The highest BCUT2D eigenvalue weighted by molar-refractivity contribution is 7.89. The van der Waals surface area contributed by atoms with Gasteiger partial charge >= 0.3 is 6.18 Å². The van der Waals surface area contributed by atoms with E-state index in [0.717, 1.165) is 10.2 Å². The van der Waals surface area contributed by atoms with E-state index in [4.69, 9.17) is 10.9 Å². The fourth-order valence-electron chi connectivity index (χ4n) is 2.87. The summed E-state index contributed by atoms with van der Waals surface area (Å²) in [6.45, 7) is 1.65. The van der Waals surface area contributed by atoms with Crippen molar-refractivity contribution in [2.75, 3.05) is 0 Å². The molecule has 4 N–H and O–H groups in total. The molecular formula is C18H17F3N4O2S. The van der Waals surface area contributed by atoms with Gasteiger partial charge in [-0.25, -0.2) is 18.2 Å². The van der Waals surface area contributed by atoms with Gasteiger partial charge in [0.2, 0.25) is 10.0 Å². The largest absolute Gasteiger partial charge is 0.435 e. The highest BCUT2D eigenvalue weighted by Crippen LogP contribution is 2.37. The van der Waals surface area contributed by atoms with E-state index < -0.39 is 21.9 Å². The Morgan fingerprint density at radius 3 is 2.07 bits per heavy atom. The monoisotopic (exact) mass is 410 g/mol. The van der Waals surface area contributed by atoms with Crippen molar-refractivity contribution in [1.82, 2.24) is 9.78 Å². The summed E-state index contributed by atoms with van der Waals surface area (Å²) in [7, 11) is -3.92. The maximum atomic E-state index is 13.4. The second kappa shape index (κ2) is 7.04. The Bertz CT molecular complexity index is 1100. The fraction of sp³-hybridized carbons (Fsp3) is 0.167. The van der Waals surface area contributed by atoms with Crippen LogP contribution in [0.2, 0.25) is 0 Å². The lowest BCUT2D eigenvalue weighted by molar-refractivity contribution is -0.141. The SMILES string of the molecule is Cc1c(C(F)(F)F)nn(-c2ccc(S(N)(=O)=O)cc2)c1-c1ccc(CN)cc1. The molecule has 0 fully saturated rings. The number of alkyl halides is 3. The fourth-order valence-corrected chi connectivity index (χ4v) is 3.38. The molecule has 0 saturated heterocycles. The van der Waals surface area contributed by atoms with Gasteiger partial charge in [0.15, 0.2) is 5.69 Å². The summed E-state index contributed by atoms with van der Waals surface area (Å²) >= 11 is 0. The number of benzene rings is 2. The standard InChI is InChI=1S/C18H17F3N4O2S/c1-11-16(13-4-2-12(10-22)3-5-13)25(24-17(11)18(19,20)21)14-6-8-15(9-7-14)28(23,26)27/h2-9H,10,22H2,1H3,(H2,23,26,27). The minimum Gasteiger partial charge on any atom is -0.326 e. The van der Waals surface area contributed by atoms with Gasteiger partial charge in [0.25, 0.3) is 0 Å². The molecule has 0 spiro atoms. The van der Waals surface area contributed by atoms with Crippen LogP contribution in [0.15, 0.2) is 53.4 Å². The number of sulfonamides is 1. The number of aromatic nitrogens is 2. The van der Waals surface area contributed by atoms with Crippen LogP contribution in [0.4, 0.5) is 13.2 Å². The van der Waals surface area contributed by atoms with Crippen molar-refractivity contribution in [1.29, 1.82) is 0 Å². The average molecular weight is 410 g/mol. The number of rotatable bonds is 4. The number of nitrogens with zero attached hydrogens (tertiary/aromatic N) is 2. The summed E-state index contributed by atoms with van der Waals surface area (Å²) in [4.78, 5) is -0.148. The van der Waals surface area contributed by atoms with Gasteiger partial charge in [-0.15, -0.1) is 0 Å². The number of halogens is 3. The zero-order valence-corrected chi connectivity index (χ0v) is 15.6. The Hall–Kier alpha value is -2.69. The quantitative estimate of drug-likeness (QED) is 0.690. The molecule has 0 aliphatic rings. The van der Waals surface area contributed by atoms with E-state index >= 15 is 0 Å². The third kappa shape index (κ3) is 3.79. The van der Waals surface area contributed by atoms with E-state index in [9.17, 15) is 21.6 Å². The topological polar surface area (TPSA) is 104 Å². The van der Waals surface area contributed by atoms with E-state index in [-0.39, 0.29) is 21.8 Å². The first-order valence-corrected chi connectivity index (χ1v) is 9.66. The summed E-state index contributed by atoms with van der Waals surface area (Å²) in [6.07, 6.45) is -4.64. The van der Waals surface area contributed by atoms with Crippen LogP contribution in [0, 0.1) is 6.92 Å². The molecule has 6 nitrogen and oxygen atoms in total. The predicted molar refractivity (Wildman–Crippen MR) is 98.0 cm³/mol. The van der Waals surface area contributed by atoms with Crippen LogP contribution in [-0.4, -0.2) is 18.2 Å². The smallest absolute Gasteiger partial charge is 0.326 e. The third-order valence-electron chi connectivity index (χ3n) is 4.26. The van der Waals surface area contributed by atoms with E-state index in [0.29, 0.717) is 12.1 Å². The van der Waals surface area contributed by atoms with Crippen molar-refractivity contribution >= 4 is 10.0 Å². The van der Waals surface area contributed by atoms with Crippen LogP contribution in [0.25, 0.3) is 16.9 Å². The summed E-state index contributed by atoms with van der Waals surface area (Å²) in [5.74, 6) is 0. The highest BCUT2D eigenvalue weighted by atomic mass is 32.2. The summed E-state index contributed by atoms with van der Waals surface area (Å²) in [5.41, 5.74) is 6.40. The van der Waals surface area contributed by atoms with Crippen molar-refractivity contribution in [2.45, 2.75) is 24.5 Å². The van der Waals surface area contributed by atoms with Gasteiger partial charge < -0.3 is 5.73 Å². The van der Waals surface area contributed by atoms with Gasteiger partial charge in [-0.1, -0.05) is 24.3 Å². The lowest BCUT2D eigenvalue weighted by Gasteiger charge is -2.10. The molecule has 0 saturated carbocycles. The Kier molecular flexibility index (Phi) is 5.04. The van der Waals surface area contributed by atoms with Gasteiger partial charge in [-0.3, -0.25) is 0 Å². The Morgan fingerprint density at radius 1 is 1.04 bits per heavy atom. The highest BCUT2D eigenvalue weighted by Gasteiger charge is 2.38. The first-order chi connectivity index (χ1) is 13.0. The molecule has 1 heterocycles. The number of hydrogen-bond donors (Lipinski definition) is 2. The molecule has 148 valence electrons. The summed E-state index contributed by atoms with van der Waals surface area (Å²) < 4.78 is 64.2. The third-order valence-corrected chi connectivity index (χ3v) is 5.19. The second-order valence-electron chi connectivity index (χ2n) is 6.17. The van der Waals surface area contributed by atoms with Gasteiger partial charge in [0.05, 0.1) is 16.3 Å². The van der Waals surface area contributed by atoms with Crippen molar-refractivity contribution in [2.24, 2.45) is 10.9 Å². The number of nitrogens with two attached hydrogens (primary N) is 2. The minimum absolute atomic E-state index is 0.0384. The predicted octanol–water partition coefficient (Wildman–Crippen LogP) is 2.97. The number of hydrogen-bond acceptors (Lipinski definition) is 4. The van der Waals surface area contributed by atoms with Crippen LogP contribution in [0.5, 0.6) is 0 Å². The molecule has 0 aliphatic heterocycles. The normalized spacial score (nSPS) is 12.4. The van der Waals surface area contributed by atoms with E-state index in [2.05, 4.69) is 5.10 Å². The molecule has 0 amide bonds. The maximum Gasteiger partial charge on any atom is 0.435 e. The van der Waals surface area contributed by atoms with Crippen LogP contribution in [-0.2, 0) is 22.7 Å². The molecule has 28 heavy (non-hydrogen) atoms. The van der Waals surface area contributed by atoms with Crippen LogP contribution < -0.4 is 10.9 Å². The molecule has 3 rings (SSSR count). The molecule has 0 bridgehead atoms. The Labute approximate surface area is 159 Å². The zero-order chi connectivity index (χ0) is 20.7. The van der Waals surface area contributed by atoms with Gasteiger partial charge in [0, 0.05) is 17.7 Å². The van der Waals surface area contributed by atoms with Crippen molar-refractivity contribution in [3.63, 3.8) is 0 Å². The molecule has 0 atom stereocenters.